The van der Waals surface area contributed by atoms with Crippen LogP contribution in [0.5, 0.6) is 0 Å². The van der Waals surface area contributed by atoms with Gasteiger partial charge in [0.15, 0.2) is 0 Å². The predicted octanol–water partition coefficient (Wildman–Crippen LogP) is 0.159. The normalized spacial score (nSPS) is 31.5. The van der Waals surface area contributed by atoms with Crippen molar-refractivity contribution in [3.63, 3.8) is 0 Å². The lowest BCUT2D eigenvalue weighted by molar-refractivity contribution is -0.0564. The second-order valence-electron chi connectivity index (χ2n) is 4.56. The van der Waals surface area contributed by atoms with E-state index in [1.165, 1.54) is 0 Å². The molecular weight excluding hydrogens is 256 g/mol. The topological polar surface area (TPSA) is 77.4 Å². The van der Waals surface area contributed by atoms with Crippen LogP contribution >= 0.6 is 0 Å². The van der Waals surface area contributed by atoms with Crippen LogP contribution in [-0.2, 0) is 18.3 Å². The molecule has 2 unspecified atom stereocenters. The van der Waals surface area contributed by atoms with E-state index in [1.807, 2.05) is 13.8 Å². The molecule has 0 aromatic heterocycles. The van der Waals surface area contributed by atoms with Crippen LogP contribution in [0.25, 0.3) is 0 Å². The molecule has 18 heavy (non-hydrogen) atoms. The van der Waals surface area contributed by atoms with E-state index in [4.69, 9.17) is 23.4 Å². The number of hydrogen-bond acceptors (Lipinski definition) is 6. The smallest absolute Gasteiger partial charge is 0.394 e. The summed E-state index contributed by atoms with van der Waals surface area (Å²) in [6, 6.07) is 0. The maximum Gasteiger partial charge on any atom is 0.501 e. The molecule has 6 nitrogen and oxygen atoms in total. The first-order valence-corrected chi connectivity index (χ1v) is 8.23. The molecular formula is C11H24O6Si. The van der Waals surface area contributed by atoms with Gasteiger partial charge in [0.25, 0.3) is 0 Å². The van der Waals surface area contributed by atoms with E-state index in [9.17, 15) is 4.80 Å². The fourth-order valence-corrected chi connectivity index (χ4v) is 3.14. The number of rotatable bonds is 4. The molecule has 1 rings (SSSR count). The Balaban J connectivity index is 2.46. The van der Waals surface area contributed by atoms with Gasteiger partial charge in [-0.1, -0.05) is 13.8 Å². The van der Waals surface area contributed by atoms with E-state index >= 15 is 0 Å². The highest BCUT2D eigenvalue weighted by Gasteiger charge is 2.41. The molecule has 1 heterocycles. The SMILES string of the molecule is CC(C)[Si]1(O)OCCOCC(OCCO)CCO1. The number of ether oxygens (including phenoxy) is 2. The quantitative estimate of drug-likeness (QED) is 0.714. The molecule has 0 aromatic carbocycles. The van der Waals surface area contributed by atoms with Crippen molar-refractivity contribution in [1.29, 1.82) is 0 Å². The van der Waals surface area contributed by atoms with E-state index in [0.29, 0.717) is 32.8 Å². The maximum atomic E-state index is 10.3. The molecule has 0 saturated carbocycles. The van der Waals surface area contributed by atoms with Crippen LogP contribution in [0.15, 0.2) is 0 Å². The lowest BCUT2D eigenvalue weighted by Crippen LogP contribution is -2.47. The molecule has 7 heteroatoms. The lowest BCUT2D eigenvalue weighted by atomic mass is 10.3. The summed E-state index contributed by atoms with van der Waals surface area (Å²) in [7, 11) is -3.10. The van der Waals surface area contributed by atoms with Crippen LogP contribution < -0.4 is 0 Å². The third-order valence-corrected chi connectivity index (χ3v) is 5.46. The molecule has 0 aliphatic carbocycles. The van der Waals surface area contributed by atoms with Gasteiger partial charge in [0.2, 0.25) is 0 Å². The number of aliphatic hydroxyl groups is 1. The fraction of sp³-hybridized carbons (Fsp3) is 1.00. The standard InChI is InChI=1S/C11H24O6Si/c1-10(2)18(13)16-5-3-11(15-6-4-12)9-14-7-8-17-18/h10-13H,3-9H2,1-2H3. The van der Waals surface area contributed by atoms with Crippen LogP contribution in [0, 0.1) is 0 Å². The largest absolute Gasteiger partial charge is 0.501 e. The van der Waals surface area contributed by atoms with Crippen LogP contribution in [-0.4, -0.2) is 64.5 Å². The fourth-order valence-electron chi connectivity index (χ4n) is 1.61. The second-order valence-corrected chi connectivity index (χ2v) is 7.56. The molecule has 0 radical (unpaired) electrons. The zero-order valence-electron chi connectivity index (χ0n) is 11.1. The van der Waals surface area contributed by atoms with E-state index < -0.39 is 8.80 Å². The van der Waals surface area contributed by atoms with Crippen molar-refractivity contribution in [2.24, 2.45) is 0 Å². The third kappa shape index (κ3) is 5.31. The first kappa shape index (κ1) is 16.0. The minimum Gasteiger partial charge on any atom is -0.394 e. The predicted molar refractivity (Wildman–Crippen MR) is 67.2 cm³/mol. The van der Waals surface area contributed by atoms with Gasteiger partial charge >= 0.3 is 8.80 Å². The van der Waals surface area contributed by atoms with Crippen molar-refractivity contribution in [3.05, 3.63) is 0 Å². The highest BCUT2D eigenvalue weighted by atomic mass is 28.4. The van der Waals surface area contributed by atoms with Crippen molar-refractivity contribution in [1.82, 2.24) is 0 Å². The van der Waals surface area contributed by atoms with Gasteiger partial charge in [0, 0.05) is 12.1 Å². The lowest BCUT2D eigenvalue weighted by Gasteiger charge is -2.29. The summed E-state index contributed by atoms with van der Waals surface area (Å²) in [6.07, 6.45) is 0.506. The molecule has 1 aliphatic heterocycles. The molecule has 0 aromatic rings. The van der Waals surface area contributed by atoms with E-state index in [0.717, 1.165) is 0 Å². The minimum atomic E-state index is -3.10. The average molecular weight is 280 g/mol. The van der Waals surface area contributed by atoms with Crippen LogP contribution in [0.3, 0.4) is 0 Å². The van der Waals surface area contributed by atoms with E-state index in [-0.39, 0.29) is 24.9 Å². The van der Waals surface area contributed by atoms with Crippen molar-refractivity contribution >= 4 is 8.80 Å². The number of hydrogen-bond donors (Lipinski definition) is 2. The van der Waals surface area contributed by atoms with Gasteiger partial charge < -0.3 is 28.2 Å². The summed E-state index contributed by atoms with van der Waals surface area (Å²) in [5.41, 5.74) is -0.0336. The molecule has 1 fully saturated rings. The summed E-state index contributed by atoms with van der Waals surface area (Å²) >= 11 is 0. The van der Waals surface area contributed by atoms with E-state index in [2.05, 4.69) is 0 Å². The Morgan fingerprint density at radius 1 is 1.28 bits per heavy atom. The monoisotopic (exact) mass is 280 g/mol. The Labute approximate surface area is 109 Å². The summed E-state index contributed by atoms with van der Waals surface area (Å²) in [4.78, 5) is 10.3. The zero-order chi connectivity index (χ0) is 13.4. The molecule has 0 spiro atoms. The zero-order valence-corrected chi connectivity index (χ0v) is 12.1. The Morgan fingerprint density at radius 3 is 2.67 bits per heavy atom. The van der Waals surface area contributed by atoms with Gasteiger partial charge in [0.05, 0.1) is 39.1 Å². The Hall–Kier alpha value is -0.0231. The molecule has 2 atom stereocenters. The summed E-state index contributed by atoms with van der Waals surface area (Å²) in [6.45, 7) is 5.62. The summed E-state index contributed by atoms with van der Waals surface area (Å²) in [5, 5.41) is 8.73. The highest BCUT2D eigenvalue weighted by Crippen LogP contribution is 2.21. The second kappa shape index (κ2) is 8.21. The Kier molecular flexibility index (Phi) is 7.31. The van der Waals surface area contributed by atoms with Gasteiger partial charge in [-0.2, -0.15) is 0 Å². The minimum absolute atomic E-state index is 0.00878. The van der Waals surface area contributed by atoms with Gasteiger partial charge in [-0.15, -0.1) is 0 Å². The van der Waals surface area contributed by atoms with Gasteiger partial charge in [-0.05, 0) is 6.42 Å². The van der Waals surface area contributed by atoms with Crippen molar-refractivity contribution < 1.29 is 28.2 Å². The van der Waals surface area contributed by atoms with Gasteiger partial charge in [0.1, 0.15) is 0 Å². The average Bonchev–Trinajstić information content (AvgIpc) is 2.34. The van der Waals surface area contributed by atoms with Crippen molar-refractivity contribution in [3.8, 4) is 0 Å². The van der Waals surface area contributed by atoms with Crippen LogP contribution in [0.2, 0.25) is 5.54 Å². The number of aliphatic hydroxyl groups excluding tert-OH is 1. The molecule has 0 bridgehead atoms. The van der Waals surface area contributed by atoms with E-state index in [1.54, 1.807) is 0 Å². The molecule has 0 amide bonds. The first-order chi connectivity index (χ1) is 8.58. The molecule has 2 N–H and O–H groups in total. The Morgan fingerprint density at radius 2 is 2.00 bits per heavy atom. The maximum absolute atomic E-state index is 10.3. The van der Waals surface area contributed by atoms with Crippen LogP contribution in [0.1, 0.15) is 20.3 Å². The molecule has 108 valence electrons. The van der Waals surface area contributed by atoms with Gasteiger partial charge in [-0.25, -0.2) is 0 Å². The van der Waals surface area contributed by atoms with Gasteiger partial charge in [-0.3, -0.25) is 0 Å². The first-order valence-electron chi connectivity index (χ1n) is 6.39. The Bertz CT molecular complexity index is 228. The highest BCUT2D eigenvalue weighted by molar-refractivity contribution is 6.60. The van der Waals surface area contributed by atoms with Crippen molar-refractivity contribution in [2.45, 2.75) is 31.9 Å². The molecule has 1 aliphatic rings. The van der Waals surface area contributed by atoms with Crippen molar-refractivity contribution in [2.75, 3.05) is 39.6 Å². The summed E-state index contributed by atoms with van der Waals surface area (Å²) in [5.74, 6) is 0. The molecule has 1 saturated heterocycles. The summed E-state index contributed by atoms with van der Waals surface area (Å²) < 4.78 is 21.8. The van der Waals surface area contributed by atoms with Crippen LogP contribution in [0.4, 0.5) is 0 Å². The third-order valence-electron chi connectivity index (χ3n) is 2.76.